The van der Waals surface area contributed by atoms with E-state index in [0.29, 0.717) is 10.4 Å². The Hall–Kier alpha value is -2.23. The second-order valence-electron chi connectivity index (χ2n) is 7.18. The van der Waals surface area contributed by atoms with Crippen molar-refractivity contribution in [3.8, 4) is 0 Å². The summed E-state index contributed by atoms with van der Waals surface area (Å²) in [5.41, 5.74) is -0.831. The molecule has 0 spiro atoms. The average molecular weight is 419 g/mol. The largest absolute Gasteiger partial charge is 0.394 e. The van der Waals surface area contributed by atoms with Gasteiger partial charge in [0.05, 0.1) is 11.5 Å². The van der Waals surface area contributed by atoms with E-state index in [4.69, 9.17) is 0 Å². The van der Waals surface area contributed by atoms with Crippen LogP contribution >= 0.6 is 11.3 Å². The third kappa shape index (κ3) is 4.11. The number of hydrogen-bond donors (Lipinski definition) is 1. The van der Waals surface area contributed by atoms with Gasteiger partial charge in [0.15, 0.2) is 16.8 Å². The Bertz CT molecular complexity index is 880. The van der Waals surface area contributed by atoms with Gasteiger partial charge in [-0.1, -0.05) is 6.07 Å². The van der Waals surface area contributed by atoms with Gasteiger partial charge >= 0.3 is 12.2 Å². The first-order valence-corrected chi connectivity index (χ1v) is 9.34. The topological polar surface area (TPSA) is 45.2 Å². The van der Waals surface area contributed by atoms with Crippen LogP contribution in [0.3, 0.4) is 0 Å². The van der Waals surface area contributed by atoms with Crippen molar-refractivity contribution < 1.29 is 26.7 Å². The van der Waals surface area contributed by atoms with E-state index in [1.165, 1.54) is 31.0 Å². The molecule has 1 N–H and O–H groups in total. The van der Waals surface area contributed by atoms with Crippen LogP contribution in [0.15, 0.2) is 24.4 Å². The van der Waals surface area contributed by atoms with Gasteiger partial charge in [-0.3, -0.25) is 5.32 Å². The summed E-state index contributed by atoms with van der Waals surface area (Å²) in [6, 6.07) is 2.91. The molecule has 0 saturated carbocycles. The van der Waals surface area contributed by atoms with E-state index >= 15 is 0 Å². The molecule has 4 nitrogen and oxygen atoms in total. The molecule has 3 rings (SSSR count). The number of aromatic nitrogens is 1. The lowest BCUT2D eigenvalue weighted by Gasteiger charge is -2.36. The number of rotatable bonds is 3. The van der Waals surface area contributed by atoms with Crippen LogP contribution < -0.4 is 5.32 Å². The van der Waals surface area contributed by atoms with Crippen LogP contribution in [0.5, 0.6) is 0 Å². The SMILES string of the molecule is CC1(C)[C@H](C(F)(F)F)CCN1C(=O)Nc1ncc(Cc2ccc(F)c(F)c2)s1. The van der Waals surface area contributed by atoms with Crippen molar-refractivity contribution in [1.29, 1.82) is 0 Å². The summed E-state index contributed by atoms with van der Waals surface area (Å²) in [5.74, 6) is -3.48. The van der Waals surface area contributed by atoms with E-state index in [1.807, 2.05) is 0 Å². The molecule has 0 bridgehead atoms. The Labute approximate surface area is 162 Å². The number of urea groups is 1. The van der Waals surface area contributed by atoms with E-state index in [0.717, 1.165) is 23.5 Å². The third-order valence-corrected chi connectivity index (χ3v) is 5.87. The maximum atomic E-state index is 13.3. The summed E-state index contributed by atoms with van der Waals surface area (Å²) in [4.78, 5) is 18.4. The van der Waals surface area contributed by atoms with E-state index in [2.05, 4.69) is 10.3 Å². The van der Waals surface area contributed by atoms with Crippen molar-refractivity contribution in [2.24, 2.45) is 5.92 Å². The minimum Gasteiger partial charge on any atom is -0.319 e. The van der Waals surface area contributed by atoms with Gasteiger partial charge in [-0.05, 0) is 38.0 Å². The number of amides is 2. The summed E-state index contributed by atoms with van der Waals surface area (Å²) in [5, 5.41) is 2.76. The van der Waals surface area contributed by atoms with E-state index < -0.39 is 35.3 Å². The maximum Gasteiger partial charge on any atom is 0.394 e. The molecule has 2 aromatic rings. The van der Waals surface area contributed by atoms with Gasteiger partial charge in [0.25, 0.3) is 0 Å². The lowest BCUT2D eigenvalue weighted by molar-refractivity contribution is -0.189. The number of carbonyl (C=O) groups excluding carboxylic acids is 1. The number of alkyl halides is 3. The van der Waals surface area contributed by atoms with Crippen LogP contribution in [0.4, 0.5) is 31.9 Å². The minimum absolute atomic E-state index is 0.00387. The van der Waals surface area contributed by atoms with Crippen LogP contribution in [0.25, 0.3) is 0 Å². The first-order chi connectivity index (χ1) is 13.0. The second kappa shape index (κ2) is 7.31. The highest BCUT2D eigenvalue weighted by molar-refractivity contribution is 7.15. The molecule has 10 heteroatoms. The first kappa shape index (κ1) is 20.5. The molecule has 1 aromatic heterocycles. The van der Waals surface area contributed by atoms with Crippen LogP contribution in [0.1, 0.15) is 30.7 Å². The van der Waals surface area contributed by atoms with E-state index in [-0.39, 0.29) is 24.5 Å². The van der Waals surface area contributed by atoms with E-state index in [9.17, 15) is 26.7 Å². The highest BCUT2D eigenvalue weighted by Gasteiger charge is 2.56. The molecule has 1 fully saturated rings. The molecule has 152 valence electrons. The molecule has 1 aliphatic rings. The molecular weight excluding hydrogens is 401 g/mol. The van der Waals surface area contributed by atoms with Gasteiger partial charge in [0.2, 0.25) is 0 Å². The first-order valence-electron chi connectivity index (χ1n) is 8.52. The van der Waals surface area contributed by atoms with Crippen LogP contribution in [0, 0.1) is 17.6 Å². The van der Waals surface area contributed by atoms with Crippen molar-refractivity contribution in [3.05, 3.63) is 46.5 Å². The number of nitrogens with zero attached hydrogens (tertiary/aromatic N) is 2. The predicted molar refractivity (Wildman–Crippen MR) is 95.2 cm³/mol. The fraction of sp³-hybridized carbons (Fsp3) is 0.444. The van der Waals surface area contributed by atoms with Crippen molar-refractivity contribution in [2.75, 3.05) is 11.9 Å². The van der Waals surface area contributed by atoms with Crippen LogP contribution in [-0.2, 0) is 6.42 Å². The molecule has 1 aliphatic heterocycles. The Morgan fingerprint density at radius 3 is 2.64 bits per heavy atom. The quantitative estimate of drug-likeness (QED) is 0.695. The minimum atomic E-state index is -4.38. The normalized spacial score (nSPS) is 19.1. The zero-order valence-electron chi connectivity index (χ0n) is 15.1. The number of thiazole rings is 1. The molecule has 2 amide bonds. The van der Waals surface area contributed by atoms with E-state index in [1.54, 1.807) is 0 Å². The average Bonchev–Trinajstić information content (AvgIpc) is 3.13. The van der Waals surface area contributed by atoms with Crippen molar-refractivity contribution in [1.82, 2.24) is 9.88 Å². The van der Waals surface area contributed by atoms with Gasteiger partial charge in [-0.15, -0.1) is 11.3 Å². The molecular formula is C18H18F5N3OS. The third-order valence-electron chi connectivity index (χ3n) is 4.96. The van der Waals surface area contributed by atoms with Gasteiger partial charge in [-0.2, -0.15) is 13.2 Å². The highest BCUT2D eigenvalue weighted by Crippen LogP contribution is 2.44. The highest BCUT2D eigenvalue weighted by atomic mass is 32.1. The number of likely N-dealkylation sites (tertiary alicyclic amines) is 1. The fourth-order valence-corrected chi connectivity index (χ4v) is 4.31. The molecule has 1 aromatic carbocycles. The number of hydrogen-bond acceptors (Lipinski definition) is 3. The summed E-state index contributed by atoms with van der Waals surface area (Å²) in [6.45, 7) is 2.79. The van der Waals surface area contributed by atoms with Crippen LogP contribution in [0.2, 0.25) is 0 Å². The predicted octanol–water partition coefficient (Wildman–Crippen LogP) is 5.21. The zero-order valence-corrected chi connectivity index (χ0v) is 15.9. The molecule has 2 heterocycles. The smallest absolute Gasteiger partial charge is 0.319 e. The molecule has 1 atom stereocenters. The zero-order chi connectivity index (χ0) is 20.7. The Balaban J connectivity index is 1.66. The standard InChI is InChI=1S/C18H18F5N3OS/c1-17(2)14(18(21,22)23)5-6-26(17)16(27)25-15-24-9-11(28-15)7-10-3-4-12(19)13(20)8-10/h3-4,8-9,14H,5-7H2,1-2H3,(H,24,25,27)/t14-/m1/s1. The van der Waals surface area contributed by atoms with Gasteiger partial charge in [-0.25, -0.2) is 18.6 Å². The number of halogens is 5. The maximum absolute atomic E-state index is 13.3. The van der Waals surface area contributed by atoms with Gasteiger partial charge in [0.1, 0.15) is 0 Å². The summed E-state index contributed by atoms with van der Waals surface area (Å²) in [7, 11) is 0. The van der Waals surface area contributed by atoms with Crippen molar-refractivity contribution in [2.45, 2.75) is 38.4 Å². The Morgan fingerprint density at radius 2 is 2.04 bits per heavy atom. The van der Waals surface area contributed by atoms with Crippen molar-refractivity contribution >= 4 is 22.5 Å². The number of carbonyl (C=O) groups is 1. The molecule has 0 radical (unpaired) electrons. The summed E-state index contributed by atoms with van der Waals surface area (Å²) >= 11 is 1.12. The van der Waals surface area contributed by atoms with Crippen LogP contribution in [-0.4, -0.2) is 34.2 Å². The number of nitrogens with one attached hydrogen (secondary N) is 1. The molecule has 1 saturated heterocycles. The summed E-state index contributed by atoms with van der Waals surface area (Å²) in [6.07, 6.45) is -2.76. The van der Waals surface area contributed by atoms with Gasteiger partial charge in [0, 0.05) is 24.0 Å². The summed E-state index contributed by atoms with van der Waals surface area (Å²) < 4.78 is 65.8. The monoisotopic (exact) mass is 419 g/mol. The lowest BCUT2D eigenvalue weighted by atomic mass is 9.88. The molecule has 0 aliphatic carbocycles. The fourth-order valence-electron chi connectivity index (χ4n) is 3.47. The molecule has 0 unspecified atom stereocenters. The number of anilines is 1. The van der Waals surface area contributed by atoms with Crippen molar-refractivity contribution in [3.63, 3.8) is 0 Å². The lowest BCUT2D eigenvalue weighted by Crippen LogP contribution is -2.51. The Kier molecular flexibility index (Phi) is 5.35. The number of benzene rings is 1. The molecule has 28 heavy (non-hydrogen) atoms. The second-order valence-corrected chi connectivity index (χ2v) is 8.29. The van der Waals surface area contributed by atoms with Gasteiger partial charge < -0.3 is 4.90 Å². The Morgan fingerprint density at radius 1 is 1.32 bits per heavy atom.